The number of hydrogen-bond acceptors (Lipinski definition) is 4. The van der Waals surface area contributed by atoms with Crippen molar-refractivity contribution in [2.75, 3.05) is 0 Å². The molecule has 1 atom stereocenters. The Morgan fingerprint density at radius 3 is 2.44 bits per heavy atom. The van der Waals surface area contributed by atoms with Gasteiger partial charge in [0.15, 0.2) is 0 Å². The van der Waals surface area contributed by atoms with Crippen LogP contribution in [0.2, 0.25) is 0 Å². The summed E-state index contributed by atoms with van der Waals surface area (Å²) in [5.74, 6) is -2.56. The van der Waals surface area contributed by atoms with Crippen molar-refractivity contribution in [2.24, 2.45) is 0 Å². The molecule has 0 saturated carbocycles. The maximum Gasteiger partial charge on any atom is 0.311 e. The summed E-state index contributed by atoms with van der Waals surface area (Å²) >= 11 is 0. The first-order valence-corrected chi connectivity index (χ1v) is 8.15. The molecule has 25 heavy (non-hydrogen) atoms. The van der Waals surface area contributed by atoms with E-state index < -0.39 is 23.5 Å². The van der Waals surface area contributed by atoms with Crippen molar-refractivity contribution in [1.29, 1.82) is 0 Å². The molecule has 1 N–H and O–H groups in total. The number of carbonyl (C=O) groups is 2. The Kier molecular flexibility index (Phi) is 5.30. The highest BCUT2D eigenvalue weighted by Gasteiger charge is 2.27. The number of carboxylic acids is 1. The highest BCUT2D eigenvalue weighted by Crippen LogP contribution is 2.25. The van der Waals surface area contributed by atoms with Gasteiger partial charge in [-0.25, -0.2) is 4.68 Å². The minimum Gasteiger partial charge on any atom is -0.481 e. The van der Waals surface area contributed by atoms with Crippen LogP contribution in [0.25, 0.3) is 5.69 Å². The summed E-state index contributed by atoms with van der Waals surface area (Å²) < 4.78 is 7.01. The zero-order valence-electron chi connectivity index (χ0n) is 15.2. The van der Waals surface area contributed by atoms with Gasteiger partial charge in [-0.1, -0.05) is 12.1 Å². The number of rotatable bonds is 5. The fourth-order valence-electron chi connectivity index (χ4n) is 2.66. The van der Waals surface area contributed by atoms with Crippen LogP contribution < -0.4 is 0 Å². The van der Waals surface area contributed by atoms with Gasteiger partial charge >= 0.3 is 11.9 Å². The van der Waals surface area contributed by atoms with Gasteiger partial charge in [-0.05, 0) is 58.4 Å². The van der Waals surface area contributed by atoms with Crippen molar-refractivity contribution in [3.05, 3.63) is 47.3 Å². The molecule has 0 aliphatic heterocycles. The molecule has 1 aromatic carbocycles. The molecule has 0 aliphatic carbocycles. The lowest BCUT2D eigenvalue weighted by Gasteiger charge is -2.21. The van der Waals surface area contributed by atoms with Gasteiger partial charge in [-0.2, -0.15) is 5.10 Å². The van der Waals surface area contributed by atoms with Crippen LogP contribution >= 0.6 is 0 Å². The first-order chi connectivity index (χ1) is 11.6. The Morgan fingerprint density at radius 2 is 1.92 bits per heavy atom. The summed E-state index contributed by atoms with van der Waals surface area (Å²) in [5, 5.41) is 14.0. The van der Waals surface area contributed by atoms with Gasteiger partial charge in [0.25, 0.3) is 0 Å². The first kappa shape index (κ1) is 18.7. The number of carboxylic acid groups (broad SMARTS) is 1. The summed E-state index contributed by atoms with van der Waals surface area (Å²) in [6, 6.07) is 9.03. The topological polar surface area (TPSA) is 81.4 Å². The molecule has 0 saturated heterocycles. The zero-order valence-corrected chi connectivity index (χ0v) is 15.2. The van der Waals surface area contributed by atoms with Gasteiger partial charge in [0.2, 0.25) is 0 Å². The quantitative estimate of drug-likeness (QED) is 0.841. The van der Waals surface area contributed by atoms with E-state index in [0.29, 0.717) is 5.56 Å². The van der Waals surface area contributed by atoms with Crippen LogP contribution in [0.1, 0.15) is 50.1 Å². The molecule has 1 heterocycles. The number of esters is 1. The molecule has 2 rings (SSSR count). The second kappa shape index (κ2) is 7.09. The largest absolute Gasteiger partial charge is 0.481 e. The highest BCUT2D eigenvalue weighted by molar-refractivity contribution is 5.83. The number of ether oxygens (including phenoxy) is 1. The standard InChI is InChI=1S/C19H24N2O4/c1-12-9-13(2)21(20-12)15-8-6-7-14(10-15)16(18(23)24)11-17(22)25-19(3,4)5/h6-10,16H,11H2,1-5H3,(H,23,24)/t16-/m1/s1. The molecule has 0 radical (unpaired) electrons. The minimum atomic E-state index is -1.06. The van der Waals surface area contributed by atoms with Crippen molar-refractivity contribution >= 4 is 11.9 Å². The summed E-state index contributed by atoms with van der Waals surface area (Å²) in [5.41, 5.74) is 2.49. The van der Waals surface area contributed by atoms with E-state index in [9.17, 15) is 14.7 Å². The number of carbonyl (C=O) groups excluding carboxylic acids is 1. The molecule has 0 amide bonds. The van der Waals surface area contributed by atoms with Gasteiger partial charge < -0.3 is 9.84 Å². The van der Waals surface area contributed by atoms with Crippen LogP contribution in [0.5, 0.6) is 0 Å². The molecular weight excluding hydrogens is 320 g/mol. The second-order valence-electron chi connectivity index (χ2n) is 7.12. The van der Waals surface area contributed by atoms with E-state index in [0.717, 1.165) is 17.1 Å². The van der Waals surface area contributed by atoms with Crippen molar-refractivity contribution in [1.82, 2.24) is 9.78 Å². The van der Waals surface area contributed by atoms with Crippen LogP contribution in [0, 0.1) is 13.8 Å². The number of aromatic nitrogens is 2. The Hall–Kier alpha value is -2.63. The molecule has 0 unspecified atom stereocenters. The second-order valence-corrected chi connectivity index (χ2v) is 7.12. The fraction of sp³-hybridized carbons (Fsp3) is 0.421. The van der Waals surface area contributed by atoms with Gasteiger partial charge in [0.1, 0.15) is 5.60 Å². The molecule has 0 spiro atoms. The first-order valence-electron chi connectivity index (χ1n) is 8.15. The van der Waals surface area contributed by atoms with Crippen LogP contribution in [-0.2, 0) is 14.3 Å². The van der Waals surface area contributed by atoms with Crippen LogP contribution in [0.15, 0.2) is 30.3 Å². The van der Waals surface area contributed by atoms with Gasteiger partial charge in [0.05, 0.1) is 23.7 Å². The lowest BCUT2D eigenvalue weighted by molar-refractivity contribution is -0.158. The average Bonchev–Trinajstić information content (AvgIpc) is 2.81. The Labute approximate surface area is 147 Å². The molecule has 134 valence electrons. The van der Waals surface area contributed by atoms with Crippen LogP contribution in [0.3, 0.4) is 0 Å². The Bertz CT molecular complexity index is 787. The van der Waals surface area contributed by atoms with E-state index in [1.807, 2.05) is 26.0 Å². The molecule has 6 heteroatoms. The van der Waals surface area contributed by atoms with Gasteiger partial charge in [0, 0.05) is 5.69 Å². The van der Waals surface area contributed by atoms with E-state index in [4.69, 9.17) is 4.74 Å². The molecule has 2 aromatic rings. The normalized spacial score (nSPS) is 12.7. The van der Waals surface area contributed by atoms with Crippen molar-refractivity contribution in [2.45, 2.75) is 52.6 Å². The van der Waals surface area contributed by atoms with Crippen LogP contribution in [-0.4, -0.2) is 32.4 Å². The smallest absolute Gasteiger partial charge is 0.311 e. The van der Waals surface area contributed by atoms with E-state index in [-0.39, 0.29) is 6.42 Å². The minimum absolute atomic E-state index is 0.215. The van der Waals surface area contributed by atoms with E-state index in [2.05, 4.69) is 5.10 Å². The van der Waals surface area contributed by atoms with Crippen molar-refractivity contribution in [3.8, 4) is 5.69 Å². The number of hydrogen-bond donors (Lipinski definition) is 1. The van der Waals surface area contributed by atoms with E-state index in [1.165, 1.54) is 0 Å². The maximum atomic E-state index is 12.1. The third kappa shape index (κ3) is 4.92. The number of nitrogens with zero attached hydrogens (tertiary/aromatic N) is 2. The van der Waals surface area contributed by atoms with Gasteiger partial charge in [-0.15, -0.1) is 0 Å². The Balaban J connectivity index is 2.30. The van der Waals surface area contributed by atoms with E-state index in [1.54, 1.807) is 43.7 Å². The lowest BCUT2D eigenvalue weighted by Crippen LogP contribution is -2.26. The summed E-state index contributed by atoms with van der Waals surface area (Å²) in [4.78, 5) is 23.7. The number of benzene rings is 1. The molecule has 0 fully saturated rings. The van der Waals surface area contributed by atoms with Crippen molar-refractivity contribution < 1.29 is 19.4 Å². The fourth-order valence-corrected chi connectivity index (χ4v) is 2.66. The monoisotopic (exact) mass is 344 g/mol. The molecule has 6 nitrogen and oxygen atoms in total. The third-order valence-corrected chi connectivity index (χ3v) is 3.62. The molecule has 1 aromatic heterocycles. The predicted molar refractivity (Wildman–Crippen MR) is 93.9 cm³/mol. The molecular formula is C19H24N2O4. The van der Waals surface area contributed by atoms with Crippen molar-refractivity contribution in [3.63, 3.8) is 0 Å². The molecule has 0 bridgehead atoms. The van der Waals surface area contributed by atoms with Gasteiger partial charge in [-0.3, -0.25) is 9.59 Å². The summed E-state index contributed by atoms with van der Waals surface area (Å²) in [6.45, 7) is 9.09. The predicted octanol–water partition coefficient (Wildman–Crippen LogP) is 3.39. The number of aliphatic carboxylic acids is 1. The highest BCUT2D eigenvalue weighted by atomic mass is 16.6. The lowest BCUT2D eigenvalue weighted by atomic mass is 9.95. The summed E-state index contributed by atoms with van der Waals surface area (Å²) in [6.07, 6.45) is -0.215. The third-order valence-electron chi connectivity index (χ3n) is 3.62. The molecule has 0 aliphatic rings. The summed E-state index contributed by atoms with van der Waals surface area (Å²) in [7, 11) is 0. The number of aryl methyl sites for hydroxylation is 2. The maximum absolute atomic E-state index is 12.1. The average molecular weight is 344 g/mol. The van der Waals surface area contributed by atoms with Crippen LogP contribution in [0.4, 0.5) is 0 Å². The zero-order chi connectivity index (χ0) is 18.8. The Morgan fingerprint density at radius 1 is 1.24 bits per heavy atom. The SMILES string of the molecule is Cc1cc(C)n(-c2cccc([C@@H](CC(=O)OC(C)(C)C)C(=O)O)c2)n1. The van der Waals surface area contributed by atoms with E-state index >= 15 is 0 Å².